The first-order valence-corrected chi connectivity index (χ1v) is 11.1. The van der Waals surface area contributed by atoms with E-state index in [4.69, 9.17) is 4.74 Å². The molecule has 1 amide bonds. The molecule has 0 spiro atoms. The normalized spacial score (nSPS) is 11.4. The summed E-state index contributed by atoms with van der Waals surface area (Å²) in [5.74, 6) is 0.941. The van der Waals surface area contributed by atoms with Crippen molar-refractivity contribution in [2.24, 2.45) is 11.0 Å². The Morgan fingerprint density at radius 1 is 1.16 bits per heavy atom. The van der Waals surface area contributed by atoms with Crippen LogP contribution in [0, 0.1) is 5.92 Å². The number of aryl methyl sites for hydroxylation is 1. The lowest BCUT2D eigenvalue weighted by Gasteiger charge is -2.09. The van der Waals surface area contributed by atoms with Gasteiger partial charge in [0.2, 0.25) is 0 Å². The number of fused-ring (bicyclic) bond motifs is 1. The lowest BCUT2D eigenvalue weighted by atomic mass is 10.1. The van der Waals surface area contributed by atoms with E-state index in [1.165, 1.54) is 4.68 Å². The molecule has 0 bridgehead atoms. The Morgan fingerprint density at radius 3 is 2.56 bits per heavy atom. The van der Waals surface area contributed by atoms with E-state index >= 15 is 0 Å². The Hall–Kier alpha value is -3.48. The summed E-state index contributed by atoms with van der Waals surface area (Å²) in [6.45, 7) is 7.52. The summed E-state index contributed by atoms with van der Waals surface area (Å²) in [4.78, 5) is 25.5. The average molecular weight is 435 g/mol. The molecule has 0 saturated heterocycles. The van der Waals surface area contributed by atoms with Crippen molar-refractivity contribution in [2.45, 2.75) is 46.6 Å². The van der Waals surface area contributed by atoms with Gasteiger partial charge in [0.05, 0.1) is 18.2 Å². The highest BCUT2D eigenvalue weighted by Crippen LogP contribution is 2.14. The van der Waals surface area contributed by atoms with Crippen LogP contribution >= 0.6 is 0 Å². The van der Waals surface area contributed by atoms with Crippen molar-refractivity contribution >= 4 is 22.9 Å². The van der Waals surface area contributed by atoms with Gasteiger partial charge in [-0.2, -0.15) is 10.2 Å². The van der Waals surface area contributed by atoms with Crippen molar-refractivity contribution in [3.63, 3.8) is 0 Å². The van der Waals surface area contributed by atoms with Gasteiger partial charge in [0.1, 0.15) is 5.75 Å². The fraction of sp³-hybridized carbons (Fsp3) is 0.360. The van der Waals surface area contributed by atoms with Crippen LogP contribution in [0.4, 0.5) is 0 Å². The predicted octanol–water partition coefficient (Wildman–Crippen LogP) is 4.39. The molecule has 32 heavy (non-hydrogen) atoms. The molecule has 168 valence electrons. The van der Waals surface area contributed by atoms with E-state index in [1.54, 1.807) is 30.5 Å². The zero-order chi connectivity index (χ0) is 22.9. The molecule has 0 aliphatic heterocycles. The summed E-state index contributed by atoms with van der Waals surface area (Å²) >= 11 is 0. The molecular formula is C25H30N4O3. The first kappa shape index (κ1) is 23.2. The summed E-state index contributed by atoms with van der Waals surface area (Å²) in [6, 6.07) is 14.5. The summed E-state index contributed by atoms with van der Waals surface area (Å²) in [5, 5.41) is 9.37. The molecule has 0 aliphatic carbocycles. The van der Waals surface area contributed by atoms with Crippen molar-refractivity contribution < 1.29 is 9.53 Å². The number of rotatable bonds is 10. The number of nitrogens with zero attached hydrogens (tertiary/aromatic N) is 3. The van der Waals surface area contributed by atoms with Crippen molar-refractivity contribution in [3.8, 4) is 5.75 Å². The molecule has 7 nitrogen and oxygen atoms in total. The van der Waals surface area contributed by atoms with Crippen LogP contribution in [0.3, 0.4) is 0 Å². The smallest absolute Gasteiger partial charge is 0.292 e. The predicted molar refractivity (Wildman–Crippen MR) is 127 cm³/mol. The monoisotopic (exact) mass is 434 g/mol. The lowest BCUT2D eigenvalue weighted by Crippen LogP contribution is -2.29. The maximum Gasteiger partial charge on any atom is 0.292 e. The topological polar surface area (TPSA) is 85.6 Å². The van der Waals surface area contributed by atoms with Crippen LogP contribution in [0.15, 0.2) is 58.4 Å². The fourth-order valence-corrected chi connectivity index (χ4v) is 3.14. The van der Waals surface area contributed by atoms with E-state index in [0.29, 0.717) is 29.8 Å². The molecule has 1 aromatic heterocycles. The highest BCUT2D eigenvalue weighted by Gasteiger charge is 2.16. The minimum atomic E-state index is -0.462. The van der Waals surface area contributed by atoms with Gasteiger partial charge < -0.3 is 4.74 Å². The van der Waals surface area contributed by atoms with Gasteiger partial charge in [0.15, 0.2) is 5.69 Å². The Labute approximate surface area is 188 Å². The Morgan fingerprint density at radius 2 is 1.88 bits per heavy atom. The summed E-state index contributed by atoms with van der Waals surface area (Å²) in [7, 11) is 0. The molecule has 0 radical (unpaired) electrons. The van der Waals surface area contributed by atoms with Crippen LogP contribution in [0.25, 0.3) is 10.8 Å². The van der Waals surface area contributed by atoms with Gasteiger partial charge in [0, 0.05) is 11.9 Å². The first-order chi connectivity index (χ1) is 15.5. The van der Waals surface area contributed by atoms with Crippen molar-refractivity contribution in [2.75, 3.05) is 6.61 Å². The number of amides is 1. The second-order valence-electron chi connectivity index (χ2n) is 8.08. The molecule has 0 atom stereocenters. The Balaban J connectivity index is 1.71. The maximum atomic E-state index is 12.8. The minimum absolute atomic E-state index is 0.183. The van der Waals surface area contributed by atoms with E-state index in [2.05, 4.69) is 29.5 Å². The molecule has 1 heterocycles. The summed E-state index contributed by atoms with van der Waals surface area (Å²) in [6.07, 6.45) is 4.30. The number of carbonyl (C=O) groups is 1. The van der Waals surface area contributed by atoms with Gasteiger partial charge >= 0.3 is 0 Å². The quantitative estimate of drug-likeness (QED) is 0.379. The van der Waals surface area contributed by atoms with Crippen molar-refractivity contribution in [1.29, 1.82) is 0 Å². The molecule has 3 rings (SSSR count). The fourth-order valence-electron chi connectivity index (χ4n) is 3.14. The third-order valence-electron chi connectivity index (χ3n) is 5.03. The maximum absolute atomic E-state index is 12.8. The average Bonchev–Trinajstić information content (AvgIpc) is 2.79. The van der Waals surface area contributed by atoms with Gasteiger partial charge in [-0.05, 0) is 54.7 Å². The van der Waals surface area contributed by atoms with E-state index < -0.39 is 5.91 Å². The standard InChI is InChI=1S/C25H30N4O3/c1-4-5-15-29-25(31)22-9-7-6-8-21(22)23(28-29)24(30)27-26-17-19-10-12-20(13-11-19)32-16-14-18(2)3/h6-13,17-18H,4-5,14-16H2,1-3H3,(H,27,30)/b26-17+. The molecule has 7 heteroatoms. The Bertz CT molecular complexity index is 1130. The number of nitrogens with one attached hydrogen (secondary N) is 1. The lowest BCUT2D eigenvalue weighted by molar-refractivity contribution is 0.0949. The molecule has 0 saturated carbocycles. The number of benzene rings is 2. The molecular weight excluding hydrogens is 404 g/mol. The number of hydrazone groups is 1. The number of ether oxygens (including phenoxy) is 1. The zero-order valence-corrected chi connectivity index (χ0v) is 18.9. The number of hydrogen-bond acceptors (Lipinski definition) is 5. The van der Waals surface area contributed by atoms with E-state index in [1.807, 2.05) is 31.2 Å². The van der Waals surface area contributed by atoms with Crippen LogP contribution in [0.5, 0.6) is 5.75 Å². The third kappa shape index (κ3) is 6.03. The molecule has 3 aromatic rings. The molecule has 2 aromatic carbocycles. The van der Waals surface area contributed by atoms with Crippen LogP contribution in [-0.4, -0.2) is 28.5 Å². The molecule has 0 fully saturated rings. The van der Waals surface area contributed by atoms with Crippen LogP contribution < -0.4 is 15.7 Å². The van der Waals surface area contributed by atoms with E-state index in [-0.39, 0.29) is 11.3 Å². The summed E-state index contributed by atoms with van der Waals surface area (Å²) < 4.78 is 7.08. The SMILES string of the molecule is CCCCn1nc(C(=O)N/N=C/c2ccc(OCCC(C)C)cc2)c2ccccc2c1=O. The highest BCUT2D eigenvalue weighted by molar-refractivity contribution is 6.04. The van der Waals surface area contributed by atoms with Gasteiger partial charge in [-0.15, -0.1) is 0 Å². The highest BCUT2D eigenvalue weighted by atomic mass is 16.5. The first-order valence-electron chi connectivity index (χ1n) is 11.1. The van der Waals surface area contributed by atoms with Crippen molar-refractivity contribution in [1.82, 2.24) is 15.2 Å². The molecule has 0 unspecified atom stereocenters. The number of carbonyl (C=O) groups excluding carboxylic acids is 1. The molecule has 0 aliphatic rings. The second-order valence-corrected chi connectivity index (χ2v) is 8.08. The van der Waals surface area contributed by atoms with E-state index in [9.17, 15) is 9.59 Å². The third-order valence-corrected chi connectivity index (χ3v) is 5.03. The van der Waals surface area contributed by atoms with Crippen molar-refractivity contribution in [3.05, 3.63) is 70.1 Å². The van der Waals surface area contributed by atoms with Crippen LogP contribution in [0.2, 0.25) is 0 Å². The van der Waals surface area contributed by atoms with Gasteiger partial charge in [-0.3, -0.25) is 9.59 Å². The number of hydrogen-bond donors (Lipinski definition) is 1. The zero-order valence-electron chi connectivity index (χ0n) is 18.9. The Kier molecular flexibility index (Phi) is 8.14. The second kappa shape index (κ2) is 11.2. The van der Waals surface area contributed by atoms with Gasteiger partial charge in [0.25, 0.3) is 11.5 Å². The van der Waals surface area contributed by atoms with Crippen LogP contribution in [0.1, 0.15) is 56.1 Å². The van der Waals surface area contributed by atoms with Gasteiger partial charge in [-0.1, -0.05) is 45.4 Å². The van der Waals surface area contributed by atoms with E-state index in [0.717, 1.165) is 30.6 Å². The number of unbranched alkanes of at least 4 members (excludes halogenated alkanes) is 1. The number of aromatic nitrogens is 2. The van der Waals surface area contributed by atoms with Gasteiger partial charge in [-0.25, -0.2) is 10.1 Å². The van der Waals surface area contributed by atoms with Crippen LogP contribution in [-0.2, 0) is 6.54 Å². The largest absolute Gasteiger partial charge is 0.494 e. The molecule has 1 N–H and O–H groups in total. The summed E-state index contributed by atoms with van der Waals surface area (Å²) in [5.41, 5.74) is 3.34. The minimum Gasteiger partial charge on any atom is -0.494 e.